The molecule has 0 N–H and O–H groups in total. The van der Waals surface area contributed by atoms with E-state index in [2.05, 4.69) is 16.0 Å². The van der Waals surface area contributed by atoms with Crippen LogP contribution in [0.1, 0.15) is 5.56 Å². The van der Waals surface area contributed by atoms with Gasteiger partial charge in [0.15, 0.2) is 0 Å². The van der Waals surface area contributed by atoms with Crippen molar-refractivity contribution in [2.24, 2.45) is 0 Å². The van der Waals surface area contributed by atoms with Crippen molar-refractivity contribution in [3.05, 3.63) is 23.0 Å². The molecule has 0 bridgehead atoms. The highest BCUT2D eigenvalue weighted by Crippen LogP contribution is 2.25. The van der Waals surface area contributed by atoms with Crippen LogP contribution in [0.4, 0.5) is 5.69 Å². The summed E-state index contributed by atoms with van der Waals surface area (Å²) in [6.07, 6.45) is 3.17. The Hall–Kier alpha value is -1.31. The molecule has 0 saturated carbocycles. The normalized spacial score (nSPS) is 16.1. The van der Waals surface area contributed by atoms with Crippen molar-refractivity contribution < 1.29 is 4.74 Å². The molecule has 15 heavy (non-hydrogen) atoms. The number of morpholine rings is 1. The molecule has 1 fully saturated rings. The van der Waals surface area contributed by atoms with Crippen molar-refractivity contribution in [2.45, 2.75) is 0 Å². The van der Waals surface area contributed by atoms with E-state index < -0.39 is 0 Å². The van der Waals surface area contributed by atoms with E-state index in [0.29, 0.717) is 23.8 Å². The molecule has 1 aromatic heterocycles. The van der Waals surface area contributed by atoms with E-state index in [4.69, 9.17) is 21.6 Å². The number of nitrogens with zero attached hydrogens (tertiary/aromatic N) is 3. The molecular formula is C10H10ClN3O. The van der Waals surface area contributed by atoms with Crippen LogP contribution >= 0.6 is 11.6 Å². The zero-order valence-corrected chi connectivity index (χ0v) is 8.87. The van der Waals surface area contributed by atoms with Gasteiger partial charge in [0, 0.05) is 19.3 Å². The summed E-state index contributed by atoms with van der Waals surface area (Å²) >= 11 is 5.91. The molecule has 4 nitrogen and oxygen atoms in total. The van der Waals surface area contributed by atoms with Crippen molar-refractivity contribution >= 4 is 17.3 Å². The Morgan fingerprint density at radius 2 is 2.13 bits per heavy atom. The average molecular weight is 224 g/mol. The van der Waals surface area contributed by atoms with Crippen LogP contribution in [0.5, 0.6) is 0 Å². The molecule has 1 aromatic rings. The summed E-state index contributed by atoms with van der Waals surface area (Å²) in [5, 5.41) is 9.41. The SMILES string of the molecule is N#Cc1c(Cl)cncc1N1CCOCC1. The van der Waals surface area contributed by atoms with E-state index in [1.165, 1.54) is 6.20 Å². The van der Waals surface area contributed by atoms with Crippen LogP contribution in [-0.2, 0) is 4.74 Å². The van der Waals surface area contributed by atoms with Gasteiger partial charge in [-0.15, -0.1) is 0 Å². The molecule has 2 rings (SSSR count). The highest BCUT2D eigenvalue weighted by molar-refractivity contribution is 6.32. The largest absolute Gasteiger partial charge is 0.378 e. The quantitative estimate of drug-likeness (QED) is 0.723. The number of nitriles is 1. The van der Waals surface area contributed by atoms with Crippen molar-refractivity contribution in [3.8, 4) is 6.07 Å². The van der Waals surface area contributed by atoms with Gasteiger partial charge in [-0.05, 0) is 0 Å². The molecule has 2 heterocycles. The third kappa shape index (κ3) is 2.04. The maximum absolute atomic E-state index is 9.01. The van der Waals surface area contributed by atoms with Gasteiger partial charge in [-0.2, -0.15) is 5.26 Å². The first kappa shape index (κ1) is 10.2. The summed E-state index contributed by atoms with van der Waals surface area (Å²) in [7, 11) is 0. The Kier molecular flexibility index (Phi) is 3.05. The van der Waals surface area contributed by atoms with E-state index >= 15 is 0 Å². The predicted octanol–water partition coefficient (Wildman–Crippen LogP) is 1.44. The number of anilines is 1. The number of hydrogen-bond donors (Lipinski definition) is 0. The summed E-state index contributed by atoms with van der Waals surface area (Å²) in [5.74, 6) is 0. The fourth-order valence-corrected chi connectivity index (χ4v) is 1.77. The molecule has 5 heteroatoms. The second-order valence-corrected chi connectivity index (χ2v) is 3.63. The molecule has 0 unspecified atom stereocenters. The van der Waals surface area contributed by atoms with Gasteiger partial charge in [0.05, 0.1) is 35.7 Å². The lowest BCUT2D eigenvalue weighted by molar-refractivity contribution is 0.122. The minimum Gasteiger partial charge on any atom is -0.378 e. The number of pyridine rings is 1. The minimum absolute atomic E-state index is 0.404. The molecule has 0 radical (unpaired) electrons. The first-order valence-corrected chi connectivity index (χ1v) is 5.07. The highest BCUT2D eigenvalue weighted by Gasteiger charge is 2.16. The zero-order chi connectivity index (χ0) is 10.7. The number of ether oxygens (including phenoxy) is 1. The van der Waals surface area contributed by atoms with Crippen LogP contribution in [0.3, 0.4) is 0 Å². The lowest BCUT2D eigenvalue weighted by atomic mass is 10.2. The standard InChI is InChI=1S/C10H10ClN3O/c11-9-6-13-7-10(8(9)5-12)14-1-3-15-4-2-14/h6-7H,1-4H2. The molecule has 1 aliphatic rings. The average Bonchev–Trinajstić information content (AvgIpc) is 2.30. The first-order chi connectivity index (χ1) is 7.33. The van der Waals surface area contributed by atoms with E-state index in [-0.39, 0.29) is 0 Å². The molecule has 0 atom stereocenters. The van der Waals surface area contributed by atoms with Gasteiger partial charge in [-0.1, -0.05) is 11.6 Å². The zero-order valence-electron chi connectivity index (χ0n) is 8.11. The molecule has 78 valence electrons. The number of aromatic nitrogens is 1. The fraction of sp³-hybridized carbons (Fsp3) is 0.400. The Morgan fingerprint density at radius 3 is 2.80 bits per heavy atom. The highest BCUT2D eigenvalue weighted by atomic mass is 35.5. The molecule has 0 amide bonds. The summed E-state index contributed by atoms with van der Waals surface area (Å²) in [5.41, 5.74) is 1.29. The van der Waals surface area contributed by atoms with Gasteiger partial charge in [0.1, 0.15) is 6.07 Å². The summed E-state index contributed by atoms with van der Waals surface area (Å²) in [4.78, 5) is 6.07. The molecule has 1 aliphatic heterocycles. The predicted molar refractivity (Wildman–Crippen MR) is 57.0 cm³/mol. The lowest BCUT2D eigenvalue weighted by Crippen LogP contribution is -2.36. The number of halogens is 1. The van der Waals surface area contributed by atoms with E-state index in [0.717, 1.165) is 18.8 Å². The molecular weight excluding hydrogens is 214 g/mol. The van der Waals surface area contributed by atoms with E-state index in [1.807, 2.05) is 0 Å². The maximum atomic E-state index is 9.01. The van der Waals surface area contributed by atoms with Gasteiger partial charge in [-0.25, -0.2) is 0 Å². The molecule has 0 aliphatic carbocycles. The van der Waals surface area contributed by atoms with Crippen LogP contribution in [0.2, 0.25) is 5.02 Å². The van der Waals surface area contributed by atoms with Crippen LogP contribution in [0, 0.1) is 11.3 Å². The number of rotatable bonds is 1. The van der Waals surface area contributed by atoms with Crippen molar-refractivity contribution in [1.29, 1.82) is 5.26 Å². The van der Waals surface area contributed by atoms with Crippen molar-refractivity contribution in [2.75, 3.05) is 31.2 Å². The van der Waals surface area contributed by atoms with Gasteiger partial charge in [0.25, 0.3) is 0 Å². The second kappa shape index (κ2) is 4.47. The summed E-state index contributed by atoms with van der Waals surface area (Å²) in [6, 6.07) is 2.11. The molecule has 0 spiro atoms. The monoisotopic (exact) mass is 223 g/mol. The van der Waals surface area contributed by atoms with Gasteiger partial charge in [0.2, 0.25) is 0 Å². The van der Waals surface area contributed by atoms with Gasteiger partial charge in [-0.3, -0.25) is 4.98 Å². The van der Waals surface area contributed by atoms with Gasteiger partial charge >= 0.3 is 0 Å². The number of hydrogen-bond acceptors (Lipinski definition) is 4. The Labute approximate surface area is 93.0 Å². The van der Waals surface area contributed by atoms with Crippen LogP contribution in [0.25, 0.3) is 0 Å². The molecule has 0 aromatic carbocycles. The Balaban J connectivity index is 2.34. The molecule has 1 saturated heterocycles. The third-order valence-corrected chi connectivity index (χ3v) is 2.63. The maximum Gasteiger partial charge on any atom is 0.103 e. The summed E-state index contributed by atoms with van der Waals surface area (Å²) in [6.45, 7) is 2.90. The smallest absolute Gasteiger partial charge is 0.103 e. The first-order valence-electron chi connectivity index (χ1n) is 4.69. The van der Waals surface area contributed by atoms with Crippen molar-refractivity contribution in [3.63, 3.8) is 0 Å². The summed E-state index contributed by atoms with van der Waals surface area (Å²) < 4.78 is 5.25. The third-order valence-electron chi connectivity index (χ3n) is 2.34. The Bertz CT molecular complexity index is 396. The van der Waals surface area contributed by atoms with Crippen LogP contribution in [-0.4, -0.2) is 31.3 Å². The van der Waals surface area contributed by atoms with E-state index in [9.17, 15) is 0 Å². The van der Waals surface area contributed by atoms with Crippen LogP contribution in [0.15, 0.2) is 12.4 Å². The Morgan fingerprint density at radius 1 is 1.40 bits per heavy atom. The fourth-order valence-electron chi connectivity index (χ4n) is 1.58. The van der Waals surface area contributed by atoms with Gasteiger partial charge < -0.3 is 9.64 Å². The van der Waals surface area contributed by atoms with E-state index in [1.54, 1.807) is 6.20 Å². The lowest BCUT2D eigenvalue weighted by Gasteiger charge is -2.29. The topological polar surface area (TPSA) is 49.2 Å². The van der Waals surface area contributed by atoms with Crippen molar-refractivity contribution in [1.82, 2.24) is 4.98 Å². The minimum atomic E-state index is 0.404. The van der Waals surface area contributed by atoms with Crippen LogP contribution < -0.4 is 4.90 Å². The second-order valence-electron chi connectivity index (χ2n) is 3.23.